The molecule has 278 valence electrons. The molecule has 11 atom stereocenters. The first-order chi connectivity index (χ1) is 24.5. The third-order valence-corrected chi connectivity index (χ3v) is 10.4. The molecule has 16 nitrogen and oxygen atoms in total. The van der Waals surface area contributed by atoms with Crippen LogP contribution in [0.3, 0.4) is 0 Å². The van der Waals surface area contributed by atoms with Crippen LogP contribution < -0.4 is 4.74 Å². The van der Waals surface area contributed by atoms with E-state index in [9.17, 15) is 60.7 Å². The van der Waals surface area contributed by atoms with Gasteiger partial charge in [0.25, 0.3) is 0 Å². The van der Waals surface area contributed by atoms with Crippen LogP contribution in [-0.2, 0) is 14.2 Å². The number of fused-ring (bicyclic) bond motifs is 3. The first-order valence-corrected chi connectivity index (χ1v) is 16.6. The summed E-state index contributed by atoms with van der Waals surface area (Å²) in [6.45, 7) is 5.31. The lowest BCUT2D eigenvalue weighted by atomic mass is 9.73. The van der Waals surface area contributed by atoms with E-state index in [4.69, 9.17) is 18.9 Å². The highest BCUT2D eigenvalue weighted by molar-refractivity contribution is 6.32. The summed E-state index contributed by atoms with van der Waals surface area (Å²) >= 11 is 0. The van der Waals surface area contributed by atoms with Crippen LogP contribution in [0, 0.1) is 0 Å². The van der Waals surface area contributed by atoms with Gasteiger partial charge in [-0.05, 0) is 33.8 Å². The molecule has 0 radical (unpaired) electrons. The van der Waals surface area contributed by atoms with Crippen LogP contribution in [-0.4, -0.2) is 124 Å². The predicted molar refractivity (Wildman–Crippen MR) is 176 cm³/mol. The lowest BCUT2D eigenvalue weighted by Gasteiger charge is -2.40. The number of benzene rings is 3. The molecule has 7 rings (SSSR count). The van der Waals surface area contributed by atoms with E-state index in [1.165, 1.54) is 20.8 Å². The summed E-state index contributed by atoms with van der Waals surface area (Å²) in [5.41, 5.74) is -2.27. The Bertz CT molecular complexity index is 2050. The molecule has 0 spiro atoms. The number of phenols is 4. The molecule has 3 aliphatic heterocycles. The van der Waals surface area contributed by atoms with Gasteiger partial charge in [-0.3, -0.25) is 9.59 Å². The minimum absolute atomic E-state index is 0.0542. The molecule has 0 unspecified atom stereocenters. The van der Waals surface area contributed by atoms with Crippen LogP contribution in [0.5, 0.6) is 28.7 Å². The van der Waals surface area contributed by atoms with Gasteiger partial charge < -0.3 is 70.0 Å². The Labute approximate surface area is 294 Å². The lowest BCUT2D eigenvalue weighted by Crippen LogP contribution is -2.60. The fraction of sp³-hybridized carbons (Fsp3) is 0.444. The molecule has 1 aliphatic carbocycles. The number of ketones is 2. The maximum absolute atomic E-state index is 14.6. The zero-order valence-corrected chi connectivity index (χ0v) is 28.2. The predicted octanol–water partition coefficient (Wildman–Crippen LogP) is 0.865. The molecule has 4 aliphatic rings. The number of hydrogen-bond donors (Lipinski definition) is 10. The summed E-state index contributed by atoms with van der Waals surface area (Å²) in [5, 5.41) is 109. The Morgan fingerprint density at radius 1 is 0.654 bits per heavy atom. The van der Waals surface area contributed by atoms with E-state index in [0.29, 0.717) is 0 Å². The number of rotatable bonds is 4. The number of aliphatic hydroxyl groups is 6. The standard InChI is InChI=1S/C36H38O16/c1-9-19-25(28(41)11(3)49-9)22(14-5-13(38)6-17(21(14)31(19)44)51-36-35(48)34(47)30(43)18(8-37)52-36)23-15(39)7-16(40)24-26(23)33(46)27-20(32(24)45)10(2)50-12(4)29(27)42/h5-7,9-12,18,28-30,34-44,47-48H,8H2,1-4H3/t9-,10-,11-,12-,18-,28-,29-,30-,34+,35-,36-/m1/s1. The third kappa shape index (κ3) is 5.09. The van der Waals surface area contributed by atoms with Crippen molar-refractivity contribution in [2.24, 2.45) is 0 Å². The Kier molecular flexibility index (Phi) is 8.76. The lowest BCUT2D eigenvalue weighted by molar-refractivity contribution is -0.277. The van der Waals surface area contributed by atoms with E-state index in [0.717, 1.165) is 18.2 Å². The summed E-state index contributed by atoms with van der Waals surface area (Å²) in [4.78, 5) is 28.7. The van der Waals surface area contributed by atoms with Gasteiger partial charge >= 0.3 is 0 Å². The second-order valence-corrected chi connectivity index (χ2v) is 13.6. The molecule has 1 saturated heterocycles. The largest absolute Gasteiger partial charge is 0.508 e. The van der Waals surface area contributed by atoms with Gasteiger partial charge in [0.05, 0.1) is 42.0 Å². The maximum Gasteiger partial charge on any atom is 0.229 e. The third-order valence-electron chi connectivity index (χ3n) is 10.4. The summed E-state index contributed by atoms with van der Waals surface area (Å²) in [6.07, 6.45) is -15.6. The molecule has 0 bridgehead atoms. The molecule has 1 fully saturated rings. The summed E-state index contributed by atoms with van der Waals surface area (Å²) in [6, 6.07) is 2.97. The van der Waals surface area contributed by atoms with E-state index < -0.39 is 131 Å². The van der Waals surface area contributed by atoms with Crippen molar-refractivity contribution in [3.8, 4) is 39.9 Å². The molecule has 0 amide bonds. The van der Waals surface area contributed by atoms with Gasteiger partial charge in [-0.15, -0.1) is 0 Å². The van der Waals surface area contributed by atoms with Gasteiger partial charge in [-0.2, -0.15) is 0 Å². The van der Waals surface area contributed by atoms with Crippen molar-refractivity contribution in [2.45, 2.75) is 95.0 Å². The van der Waals surface area contributed by atoms with Gasteiger partial charge in [0, 0.05) is 56.5 Å². The van der Waals surface area contributed by atoms with Crippen LogP contribution in [0.1, 0.15) is 71.7 Å². The molecule has 52 heavy (non-hydrogen) atoms. The summed E-state index contributed by atoms with van der Waals surface area (Å²) < 4.78 is 23.0. The molecular formula is C36H38O16. The average molecular weight is 727 g/mol. The topological polar surface area (TPSA) is 273 Å². The van der Waals surface area contributed by atoms with Crippen LogP contribution in [0.25, 0.3) is 21.9 Å². The SMILES string of the molecule is C[C@H]1O[C@H](C)[C@@H](O)C2=C1C(=O)c1c(O)cc(O)c(-c3c4c(c(O)c5c(O[C@@H]6O[C@H](CO)[C@@H](O)[C@H](O)[C@H]6O)cc(O)cc35)[C@@H](C)O[C@H](C)[C@H]4O)c1C2=O. The normalized spacial score (nSPS) is 33.2. The maximum atomic E-state index is 14.6. The van der Waals surface area contributed by atoms with Gasteiger partial charge in [0.1, 0.15) is 65.4 Å². The fourth-order valence-corrected chi connectivity index (χ4v) is 7.93. The second kappa shape index (κ2) is 12.6. The molecule has 0 saturated carbocycles. The number of Topliss-reactive ketones (excluding diaryl/α,β-unsaturated/α-hetero) is 2. The van der Waals surface area contributed by atoms with Crippen molar-refractivity contribution in [2.75, 3.05) is 6.61 Å². The van der Waals surface area contributed by atoms with Crippen molar-refractivity contribution in [3.63, 3.8) is 0 Å². The van der Waals surface area contributed by atoms with Gasteiger partial charge in [0.2, 0.25) is 6.29 Å². The van der Waals surface area contributed by atoms with Crippen molar-refractivity contribution in [1.29, 1.82) is 0 Å². The molecule has 3 aromatic rings. The minimum atomic E-state index is -1.91. The minimum Gasteiger partial charge on any atom is -0.508 e. The molecule has 0 aromatic heterocycles. The summed E-state index contributed by atoms with van der Waals surface area (Å²) in [7, 11) is 0. The van der Waals surface area contributed by atoms with E-state index in [-0.39, 0.29) is 38.6 Å². The van der Waals surface area contributed by atoms with Crippen molar-refractivity contribution in [3.05, 3.63) is 51.6 Å². The second-order valence-electron chi connectivity index (χ2n) is 13.6. The number of aromatic hydroxyl groups is 4. The molecule has 10 N–H and O–H groups in total. The monoisotopic (exact) mass is 726 g/mol. The first-order valence-electron chi connectivity index (χ1n) is 16.6. The molecular weight excluding hydrogens is 688 g/mol. The quantitative estimate of drug-likeness (QED) is 0.179. The Morgan fingerprint density at radius 2 is 1.27 bits per heavy atom. The average Bonchev–Trinajstić information content (AvgIpc) is 3.07. The number of aliphatic hydroxyl groups excluding tert-OH is 6. The van der Waals surface area contributed by atoms with Gasteiger partial charge in [-0.1, -0.05) is 0 Å². The van der Waals surface area contributed by atoms with Gasteiger partial charge in [-0.25, -0.2) is 0 Å². The zero-order chi connectivity index (χ0) is 37.8. The number of phenolic OH excluding ortho intramolecular Hbond substituents is 4. The van der Waals surface area contributed by atoms with E-state index in [2.05, 4.69) is 0 Å². The highest BCUT2D eigenvalue weighted by atomic mass is 16.7. The fourth-order valence-electron chi connectivity index (χ4n) is 7.93. The van der Waals surface area contributed by atoms with E-state index >= 15 is 0 Å². The van der Waals surface area contributed by atoms with Crippen LogP contribution in [0.4, 0.5) is 0 Å². The number of carbonyl (C=O) groups excluding carboxylic acids is 2. The first kappa shape index (κ1) is 36.0. The van der Waals surface area contributed by atoms with Crippen LogP contribution in [0.2, 0.25) is 0 Å². The zero-order valence-electron chi connectivity index (χ0n) is 28.2. The Morgan fingerprint density at radius 3 is 1.94 bits per heavy atom. The number of ether oxygens (including phenoxy) is 4. The highest BCUT2D eigenvalue weighted by Gasteiger charge is 2.49. The van der Waals surface area contributed by atoms with Crippen LogP contribution >= 0.6 is 0 Å². The number of hydrogen-bond acceptors (Lipinski definition) is 16. The molecule has 3 aromatic carbocycles. The summed E-state index contributed by atoms with van der Waals surface area (Å²) in [5.74, 6) is -4.82. The van der Waals surface area contributed by atoms with Crippen molar-refractivity contribution in [1.82, 2.24) is 0 Å². The Balaban J connectivity index is 1.57. The van der Waals surface area contributed by atoms with E-state index in [1.54, 1.807) is 6.92 Å². The highest BCUT2D eigenvalue weighted by Crippen LogP contribution is 2.57. The molecule has 16 heteroatoms. The number of carbonyl (C=O) groups is 2. The van der Waals surface area contributed by atoms with E-state index in [1.807, 2.05) is 0 Å². The smallest absolute Gasteiger partial charge is 0.229 e. The van der Waals surface area contributed by atoms with Crippen molar-refractivity contribution < 1.29 is 79.6 Å². The van der Waals surface area contributed by atoms with Crippen molar-refractivity contribution >= 4 is 22.3 Å². The van der Waals surface area contributed by atoms with Gasteiger partial charge in [0.15, 0.2) is 11.6 Å². The Hall–Kier alpha value is -4.36. The van der Waals surface area contributed by atoms with Crippen LogP contribution in [0.15, 0.2) is 29.3 Å². The molecule has 3 heterocycles.